The summed E-state index contributed by atoms with van der Waals surface area (Å²) in [4.78, 5) is 11.2. The number of anilines is 1. The molecule has 17 heavy (non-hydrogen) atoms. The van der Waals surface area contributed by atoms with Crippen LogP contribution in [0.4, 0.5) is 5.95 Å². The van der Waals surface area contributed by atoms with E-state index >= 15 is 0 Å². The van der Waals surface area contributed by atoms with Gasteiger partial charge in [-0.1, -0.05) is 0 Å². The van der Waals surface area contributed by atoms with Gasteiger partial charge in [0.1, 0.15) is 0 Å². The zero-order chi connectivity index (χ0) is 12.3. The Morgan fingerprint density at radius 3 is 2.65 bits per heavy atom. The largest absolute Gasteiger partial charge is 0.344 e. The second-order valence-corrected chi connectivity index (χ2v) is 5.04. The van der Waals surface area contributed by atoms with Crippen molar-refractivity contribution >= 4 is 5.95 Å². The standard InChI is InChI=1S/C13H22N4/c1-10-7-11(2)16-13(15-10)17(3)9-12-5-4-6-14-8-12/h7,12,14H,4-6,8-9H2,1-3H3. The number of piperidine rings is 1. The molecule has 1 saturated heterocycles. The zero-order valence-electron chi connectivity index (χ0n) is 11.0. The van der Waals surface area contributed by atoms with Gasteiger partial charge in [-0.2, -0.15) is 0 Å². The minimum absolute atomic E-state index is 0.721. The molecule has 2 heterocycles. The molecule has 0 radical (unpaired) electrons. The molecule has 1 unspecified atom stereocenters. The van der Waals surface area contributed by atoms with E-state index in [1.54, 1.807) is 0 Å². The lowest BCUT2D eigenvalue weighted by Gasteiger charge is -2.27. The monoisotopic (exact) mass is 234 g/mol. The first kappa shape index (κ1) is 12.3. The summed E-state index contributed by atoms with van der Waals surface area (Å²) >= 11 is 0. The van der Waals surface area contributed by atoms with Crippen molar-refractivity contribution in [2.24, 2.45) is 5.92 Å². The summed E-state index contributed by atoms with van der Waals surface area (Å²) in [5.74, 6) is 1.58. The van der Waals surface area contributed by atoms with Gasteiger partial charge in [-0.25, -0.2) is 9.97 Å². The van der Waals surface area contributed by atoms with Gasteiger partial charge in [0.2, 0.25) is 5.95 Å². The predicted molar refractivity (Wildman–Crippen MR) is 70.4 cm³/mol. The van der Waals surface area contributed by atoms with Gasteiger partial charge in [0.05, 0.1) is 0 Å². The molecule has 1 N–H and O–H groups in total. The van der Waals surface area contributed by atoms with Crippen LogP contribution < -0.4 is 10.2 Å². The van der Waals surface area contributed by atoms with Crippen LogP contribution in [0.1, 0.15) is 24.2 Å². The Morgan fingerprint density at radius 1 is 1.35 bits per heavy atom. The molecule has 1 aliphatic heterocycles. The molecule has 0 saturated carbocycles. The summed E-state index contributed by atoms with van der Waals surface area (Å²) in [7, 11) is 2.09. The molecule has 0 amide bonds. The van der Waals surface area contributed by atoms with Crippen molar-refractivity contribution in [3.05, 3.63) is 17.5 Å². The molecule has 1 atom stereocenters. The topological polar surface area (TPSA) is 41.1 Å². The third-order valence-corrected chi connectivity index (χ3v) is 3.24. The number of hydrogen-bond donors (Lipinski definition) is 1. The number of aryl methyl sites for hydroxylation is 2. The second kappa shape index (κ2) is 5.45. The van der Waals surface area contributed by atoms with Crippen LogP contribution in [0, 0.1) is 19.8 Å². The molecule has 1 aromatic heterocycles. The molecular formula is C13H22N4. The fourth-order valence-electron chi connectivity index (χ4n) is 2.43. The molecule has 4 heteroatoms. The Hall–Kier alpha value is -1.16. The van der Waals surface area contributed by atoms with Crippen molar-refractivity contribution in [3.8, 4) is 0 Å². The van der Waals surface area contributed by atoms with E-state index in [0.29, 0.717) is 0 Å². The third-order valence-electron chi connectivity index (χ3n) is 3.24. The number of hydrogen-bond acceptors (Lipinski definition) is 4. The molecule has 0 spiro atoms. The summed E-state index contributed by atoms with van der Waals surface area (Å²) in [6.45, 7) is 7.37. The minimum Gasteiger partial charge on any atom is -0.344 e. The summed E-state index contributed by atoms with van der Waals surface area (Å²) in [5, 5.41) is 3.45. The van der Waals surface area contributed by atoms with Gasteiger partial charge >= 0.3 is 0 Å². The van der Waals surface area contributed by atoms with Crippen molar-refractivity contribution in [1.29, 1.82) is 0 Å². The van der Waals surface area contributed by atoms with Gasteiger partial charge in [0.25, 0.3) is 0 Å². The highest BCUT2D eigenvalue weighted by molar-refractivity contribution is 5.30. The normalized spacial score (nSPS) is 20.3. The fourth-order valence-corrected chi connectivity index (χ4v) is 2.43. The average Bonchev–Trinajstić information content (AvgIpc) is 2.29. The van der Waals surface area contributed by atoms with Crippen LogP contribution in [0.3, 0.4) is 0 Å². The third kappa shape index (κ3) is 3.40. The lowest BCUT2D eigenvalue weighted by Crippen LogP contribution is -2.37. The van der Waals surface area contributed by atoms with Crippen LogP contribution in [0.25, 0.3) is 0 Å². The van der Waals surface area contributed by atoms with E-state index in [-0.39, 0.29) is 0 Å². The van der Waals surface area contributed by atoms with Crippen LogP contribution in [0.5, 0.6) is 0 Å². The highest BCUT2D eigenvalue weighted by Crippen LogP contribution is 2.15. The molecule has 4 nitrogen and oxygen atoms in total. The summed E-state index contributed by atoms with van der Waals surface area (Å²) in [6, 6.07) is 2.01. The van der Waals surface area contributed by atoms with Gasteiger partial charge in [0.15, 0.2) is 0 Å². The number of nitrogens with zero attached hydrogens (tertiary/aromatic N) is 3. The summed E-state index contributed by atoms with van der Waals surface area (Å²) in [5.41, 5.74) is 2.09. The van der Waals surface area contributed by atoms with E-state index in [1.807, 2.05) is 19.9 Å². The summed E-state index contributed by atoms with van der Waals surface area (Å²) < 4.78 is 0. The molecular weight excluding hydrogens is 212 g/mol. The van der Waals surface area contributed by atoms with Crippen molar-refractivity contribution in [2.45, 2.75) is 26.7 Å². The molecule has 2 rings (SSSR count). The minimum atomic E-state index is 0.721. The van der Waals surface area contributed by atoms with Crippen LogP contribution in [-0.4, -0.2) is 36.6 Å². The first-order chi connectivity index (χ1) is 8.15. The maximum Gasteiger partial charge on any atom is 0.225 e. The van der Waals surface area contributed by atoms with Crippen LogP contribution >= 0.6 is 0 Å². The van der Waals surface area contributed by atoms with Crippen LogP contribution in [-0.2, 0) is 0 Å². The number of aromatic nitrogens is 2. The maximum absolute atomic E-state index is 4.49. The second-order valence-electron chi connectivity index (χ2n) is 5.04. The van der Waals surface area contributed by atoms with E-state index in [9.17, 15) is 0 Å². The van der Waals surface area contributed by atoms with E-state index in [2.05, 4.69) is 27.2 Å². The van der Waals surface area contributed by atoms with Gasteiger partial charge in [-0.3, -0.25) is 0 Å². The predicted octanol–water partition coefficient (Wildman–Crippen LogP) is 1.53. The summed E-state index contributed by atoms with van der Waals surface area (Å²) in [6.07, 6.45) is 2.59. The van der Waals surface area contributed by atoms with Crippen LogP contribution in [0.2, 0.25) is 0 Å². The molecule has 1 aliphatic rings. The van der Waals surface area contributed by atoms with Crippen molar-refractivity contribution in [2.75, 3.05) is 31.6 Å². The maximum atomic E-state index is 4.49. The van der Waals surface area contributed by atoms with Gasteiger partial charge in [0, 0.05) is 25.0 Å². The van der Waals surface area contributed by atoms with Gasteiger partial charge < -0.3 is 10.2 Å². The smallest absolute Gasteiger partial charge is 0.225 e. The van der Waals surface area contributed by atoms with E-state index in [4.69, 9.17) is 0 Å². The average molecular weight is 234 g/mol. The van der Waals surface area contributed by atoms with E-state index in [1.165, 1.54) is 19.4 Å². The van der Waals surface area contributed by atoms with E-state index < -0.39 is 0 Å². The first-order valence-corrected chi connectivity index (χ1v) is 6.39. The number of rotatable bonds is 3. The Labute approximate surface area is 103 Å². The molecule has 0 aromatic carbocycles. The Morgan fingerprint density at radius 2 is 2.06 bits per heavy atom. The number of nitrogens with one attached hydrogen (secondary N) is 1. The molecule has 94 valence electrons. The Kier molecular flexibility index (Phi) is 3.94. The van der Waals surface area contributed by atoms with Crippen molar-refractivity contribution in [1.82, 2.24) is 15.3 Å². The highest BCUT2D eigenvalue weighted by Gasteiger charge is 2.16. The van der Waals surface area contributed by atoms with E-state index in [0.717, 1.165) is 36.3 Å². The molecule has 1 aromatic rings. The zero-order valence-corrected chi connectivity index (χ0v) is 11.0. The molecule has 1 fully saturated rings. The SMILES string of the molecule is Cc1cc(C)nc(N(C)CC2CCCNC2)n1. The van der Waals surface area contributed by atoms with Crippen LogP contribution in [0.15, 0.2) is 6.07 Å². The quantitative estimate of drug-likeness (QED) is 0.861. The lowest BCUT2D eigenvalue weighted by molar-refractivity contribution is 0.380. The fraction of sp³-hybridized carbons (Fsp3) is 0.692. The van der Waals surface area contributed by atoms with Crippen molar-refractivity contribution < 1.29 is 0 Å². The van der Waals surface area contributed by atoms with Gasteiger partial charge in [-0.05, 0) is 51.8 Å². The first-order valence-electron chi connectivity index (χ1n) is 6.39. The molecule has 0 aliphatic carbocycles. The Balaban J connectivity index is 2.00. The highest BCUT2D eigenvalue weighted by atomic mass is 15.2. The lowest BCUT2D eigenvalue weighted by atomic mass is 9.99. The van der Waals surface area contributed by atoms with Crippen molar-refractivity contribution in [3.63, 3.8) is 0 Å². The molecule has 0 bridgehead atoms. The Bertz CT molecular complexity index is 351. The van der Waals surface area contributed by atoms with Gasteiger partial charge in [-0.15, -0.1) is 0 Å².